The molecule has 2 aliphatic heterocycles. The average molecular weight is 345 g/mol. The van der Waals surface area contributed by atoms with Gasteiger partial charge in [-0.1, -0.05) is 23.7 Å². The van der Waals surface area contributed by atoms with Crippen LogP contribution in [0.2, 0.25) is 5.02 Å². The van der Waals surface area contributed by atoms with Gasteiger partial charge in [-0.3, -0.25) is 4.79 Å². The van der Waals surface area contributed by atoms with Crippen LogP contribution in [-0.4, -0.2) is 31.8 Å². The number of ether oxygens (including phenoxy) is 2. The molecule has 0 bridgehead atoms. The van der Waals surface area contributed by atoms with E-state index in [1.807, 2.05) is 24.3 Å². The van der Waals surface area contributed by atoms with Crippen molar-refractivity contribution in [2.45, 2.75) is 12.5 Å². The van der Waals surface area contributed by atoms with Gasteiger partial charge in [0.15, 0.2) is 11.5 Å². The molecular formula is C18H17ClN2O3. The Labute approximate surface area is 145 Å². The van der Waals surface area contributed by atoms with Crippen molar-refractivity contribution in [2.75, 3.05) is 24.8 Å². The Bertz CT molecular complexity index is 781. The highest BCUT2D eigenvalue weighted by Gasteiger charge is 2.27. The smallest absolute Gasteiger partial charge is 0.255 e. The number of benzene rings is 2. The number of hydrogen-bond donors (Lipinski definition) is 1. The van der Waals surface area contributed by atoms with E-state index < -0.39 is 0 Å². The fourth-order valence-corrected chi connectivity index (χ4v) is 3.34. The quantitative estimate of drug-likeness (QED) is 0.929. The van der Waals surface area contributed by atoms with Crippen molar-refractivity contribution < 1.29 is 14.3 Å². The Morgan fingerprint density at radius 2 is 2.08 bits per heavy atom. The predicted molar refractivity (Wildman–Crippen MR) is 92.1 cm³/mol. The summed E-state index contributed by atoms with van der Waals surface area (Å²) in [6.07, 6.45) is 0.893. The van der Waals surface area contributed by atoms with E-state index in [-0.39, 0.29) is 18.7 Å². The maximum Gasteiger partial charge on any atom is 0.255 e. The second kappa shape index (κ2) is 6.24. The van der Waals surface area contributed by atoms with E-state index in [2.05, 4.69) is 10.2 Å². The van der Waals surface area contributed by atoms with Gasteiger partial charge in [-0.15, -0.1) is 0 Å². The number of hydrogen-bond acceptors (Lipinski definition) is 4. The number of rotatable bonds is 3. The van der Waals surface area contributed by atoms with Gasteiger partial charge < -0.3 is 19.7 Å². The van der Waals surface area contributed by atoms with Gasteiger partial charge in [-0.25, -0.2) is 0 Å². The molecule has 1 atom stereocenters. The van der Waals surface area contributed by atoms with Gasteiger partial charge in [0.2, 0.25) is 6.79 Å². The first-order valence-corrected chi connectivity index (χ1v) is 8.28. The zero-order valence-corrected chi connectivity index (χ0v) is 13.8. The van der Waals surface area contributed by atoms with Crippen molar-refractivity contribution in [2.24, 2.45) is 0 Å². The van der Waals surface area contributed by atoms with Gasteiger partial charge in [0.25, 0.3) is 5.91 Å². The number of halogens is 1. The van der Waals surface area contributed by atoms with Crippen molar-refractivity contribution in [1.29, 1.82) is 0 Å². The molecule has 5 nitrogen and oxygen atoms in total. The molecule has 0 aliphatic carbocycles. The summed E-state index contributed by atoms with van der Waals surface area (Å²) in [5, 5.41) is 3.81. The molecule has 0 spiro atoms. The standard InChI is InChI=1S/C18H17ClN2O3/c19-12-3-1-4-14(9-12)21-8-7-13(10-21)20-18(22)15-5-2-6-16-17(15)24-11-23-16/h1-6,9,13H,7-8,10-11H2,(H,20,22). The summed E-state index contributed by atoms with van der Waals surface area (Å²) in [6.45, 7) is 1.81. The zero-order chi connectivity index (χ0) is 16.5. The van der Waals surface area contributed by atoms with Crippen LogP contribution in [0.3, 0.4) is 0 Å². The largest absolute Gasteiger partial charge is 0.454 e. The van der Waals surface area contributed by atoms with Crippen molar-refractivity contribution >= 4 is 23.2 Å². The number of amides is 1. The number of nitrogens with one attached hydrogen (secondary N) is 1. The van der Waals surface area contributed by atoms with Crippen LogP contribution < -0.4 is 19.7 Å². The van der Waals surface area contributed by atoms with E-state index in [0.717, 1.165) is 30.2 Å². The molecule has 2 aliphatic rings. The van der Waals surface area contributed by atoms with Gasteiger partial charge in [0, 0.05) is 29.8 Å². The van der Waals surface area contributed by atoms with Crippen molar-refractivity contribution in [3.8, 4) is 11.5 Å². The molecule has 4 rings (SSSR count). The van der Waals surface area contributed by atoms with Crippen LogP contribution >= 0.6 is 11.6 Å². The summed E-state index contributed by atoms with van der Waals surface area (Å²) in [6, 6.07) is 13.2. The Morgan fingerprint density at radius 3 is 2.96 bits per heavy atom. The number of carbonyl (C=O) groups is 1. The molecule has 2 heterocycles. The third kappa shape index (κ3) is 2.87. The first kappa shape index (κ1) is 15.1. The van der Waals surface area contributed by atoms with Crippen LogP contribution in [0, 0.1) is 0 Å². The van der Waals surface area contributed by atoms with Gasteiger partial charge >= 0.3 is 0 Å². The highest BCUT2D eigenvalue weighted by atomic mass is 35.5. The molecule has 0 radical (unpaired) electrons. The first-order valence-electron chi connectivity index (χ1n) is 7.91. The molecule has 0 aromatic heterocycles. The van der Waals surface area contributed by atoms with Crippen LogP contribution in [0.15, 0.2) is 42.5 Å². The highest BCUT2D eigenvalue weighted by molar-refractivity contribution is 6.30. The maximum absolute atomic E-state index is 12.6. The monoisotopic (exact) mass is 344 g/mol. The molecule has 2 aromatic carbocycles. The number of anilines is 1. The van der Waals surface area contributed by atoms with Gasteiger partial charge in [-0.05, 0) is 36.8 Å². The Hall–Kier alpha value is -2.40. The third-order valence-electron chi connectivity index (χ3n) is 4.34. The molecule has 1 saturated heterocycles. The fraction of sp³-hybridized carbons (Fsp3) is 0.278. The normalized spacial score (nSPS) is 18.7. The summed E-state index contributed by atoms with van der Waals surface area (Å²) in [7, 11) is 0. The summed E-state index contributed by atoms with van der Waals surface area (Å²) in [5.74, 6) is 1.02. The van der Waals surface area contributed by atoms with Crippen LogP contribution in [-0.2, 0) is 0 Å². The van der Waals surface area contributed by atoms with E-state index >= 15 is 0 Å². The molecule has 1 N–H and O–H groups in total. The first-order chi connectivity index (χ1) is 11.7. The molecule has 0 saturated carbocycles. The summed E-state index contributed by atoms with van der Waals surface area (Å²) >= 11 is 6.06. The van der Waals surface area contributed by atoms with Crippen molar-refractivity contribution in [3.63, 3.8) is 0 Å². The highest BCUT2D eigenvalue weighted by Crippen LogP contribution is 2.35. The minimum absolute atomic E-state index is 0.0923. The molecule has 24 heavy (non-hydrogen) atoms. The van der Waals surface area contributed by atoms with Gasteiger partial charge in [0.1, 0.15) is 0 Å². The number of fused-ring (bicyclic) bond motifs is 1. The topological polar surface area (TPSA) is 50.8 Å². The van der Waals surface area contributed by atoms with Crippen molar-refractivity contribution in [1.82, 2.24) is 5.32 Å². The lowest BCUT2D eigenvalue weighted by Gasteiger charge is -2.19. The molecular weight excluding hydrogens is 328 g/mol. The van der Waals surface area contributed by atoms with Gasteiger partial charge in [-0.2, -0.15) is 0 Å². The zero-order valence-electron chi connectivity index (χ0n) is 13.0. The van der Waals surface area contributed by atoms with E-state index in [4.69, 9.17) is 21.1 Å². The molecule has 1 unspecified atom stereocenters. The lowest BCUT2D eigenvalue weighted by Crippen LogP contribution is -2.37. The van der Waals surface area contributed by atoms with Crippen molar-refractivity contribution in [3.05, 3.63) is 53.1 Å². The Balaban J connectivity index is 1.44. The summed E-state index contributed by atoms with van der Waals surface area (Å²) in [4.78, 5) is 14.8. The lowest BCUT2D eigenvalue weighted by atomic mass is 10.1. The third-order valence-corrected chi connectivity index (χ3v) is 4.57. The van der Waals surface area contributed by atoms with E-state index in [1.165, 1.54) is 0 Å². The van der Waals surface area contributed by atoms with E-state index in [1.54, 1.807) is 18.2 Å². The minimum Gasteiger partial charge on any atom is -0.454 e. The van der Waals surface area contributed by atoms with E-state index in [0.29, 0.717) is 17.1 Å². The Kier molecular flexibility index (Phi) is 3.94. The van der Waals surface area contributed by atoms with E-state index in [9.17, 15) is 4.79 Å². The molecule has 1 fully saturated rings. The number of para-hydroxylation sites is 1. The summed E-state index contributed by atoms with van der Waals surface area (Å²) in [5.41, 5.74) is 1.60. The van der Waals surface area contributed by atoms with Crippen LogP contribution in [0.4, 0.5) is 5.69 Å². The Morgan fingerprint density at radius 1 is 1.21 bits per heavy atom. The molecule has 2 aromatic rings. The number of carbonyl (C=O) groups excluding carboxylic acids is 1. The van der Waals surface area contributed by atoms with Gasteiger partial charge in [0.05, 0.1) is 5.56 Å². The van der Waals surface area contributed by atoms with Crippen LogP contribution in [0.1, 0.15) is 16.8 Å². The minimum atomic E-state index is -0.129. The van der Waals surface area contributed by atoms with Crippen LogP contribution in [0.25, 0.3) is 0 Å². The molecule has 1 amide bonds. The second-order valence-corrected chi connectivity index (χ2v) is 6.36. The average Bonchev–Trinajstić information content (AvgIpc) is 3.23. The predicted octanol–water partition coefficient (Wildman–Crippen LogP) is 3.08. The van der Waals surface area contributed by atoms with Crippen LogP contribution in [0.5, 0.6) is 11.5 Å². The lowest BCUT2D eigenvalue weighted by molar-refractivity contribution is 0.0935. The summed E-state index contributed by atoms with van der Waals surface area (Å²) < 4.78 is 10.7. The SMILES string of the molecule is O=C(NC1CCN(c2cccc(Cl)c2)C1)c1cccc2c1OCO2. The number of nitrogens with zero attached hydrogens (tertiary/aromatic N) is 1. The maximum atomic E-state index is 12.6. The fourth-order valence-electron chi connectivity index (χ4n) is 3.16. The molecule has 6 heteroatoms. The second-order valence-electron chi connectivity index (χ2n) is 5.92. The molecule has 124 valence electrons.